The van der Waals surface area contributed by atoms with E-state index in [2.05, 4.69) is 19.6 Å². The van der Waals surface area contributed by atoms with Gasteiger partial charge in [-0.05, 0) is 12.1 Å². The number of nitrogens with two attached hydrogens (primary N) is 1. The third-order valence-electron chi connectivity index (χ3n) is 1.89. The summed E-state index contributed by atoms with van der Waals surface area (Å²) in [6.45, 7) is 6.75. The molecule has 12 heavy (non-hydrogen) atoms. The van der Waals surface area contributed by atoms with E-state index in [1.165, 1.54) is 5.19 Å². The number of hydrogen-bond donors (Lipinski definition) is 2. The molecule has 0 aliphatic rings. The summed E-state index contributed by atoms with van der Waals surface area (Å²) in [7, 11) is -1.28. The zero-order valence-corrected chi connectivity index (χ0v) is 8.76. The predicted molar refractivity (Wildman–Crippen MR) is 55.5 cm³/mol. The van der Waals surface area contributed by atoms with Crippen LogP contribution in [0.2, 0.25) is 19.6 Å². The van der Waals surface area contributed by atoms with Crippen molar-refractivity contribution in [3.8, 4) is 5.75 Å². The molecule has 0 saturated carbocycles. The number of nitrogen functional groups attached to an aromatic ring is 1. The Bertz CT molecular complexity index is 291. The quantitative estimate of drug-likeness (QED) is 0.392. The summed E-state index contributed by atoms with van der Waals surface area (Å²) >= 11 is 0. The Balaban J connectivity index is 3.14. The Kier molecular flexibility index (Phi) is 2.15. The molecule has 0 aliphatic carbocycles. The summed E-state index contributed by atoms with van der Waals surface area (Å²) in [5.41, 5.74) is 6.07. The molecule has 0 heterocycles. The molecular weight excluding hydrogens is 166 g/mol. The highest BCUT2D eigenvalue weighted by atomic mass is 28.3. The van der Waals surface area contributed by atoms with Gasteiger partial charge in [0.2, 0.25) is 0 Å². The van der Waals surface area contributed by atoms with E-state index in [-0.39, 0.29) is 5.75 Å². The molecule has 0 aliphatic heterocycles. The van der Waals surface area contributed by atoms with Gasteiger partial charge >= 0.3 is 0 Å². The van der Waals surface area contributed by atoms with Crippen LogP contribution in [0.15, 0.2) is 18.2 Å². The van der Waals surface area contributed by atoms with Crippen molar-refractivity contribution in [1.29, 1.82) is 0 Å². The van der Waals surface area contributed by atoms with Crippen molar-refractivity contribution in [3.63, 3.8) is 0 Å². The Morgan fingerprint density at radius 1 is 1.25 bits per heavy atom. The van der Waals surface area contributed by atoms with Crippen molar-refractivity contribution in [1.82, 2.24) is 0 Å². The van der Waals surface area contributed by atoms with Crippen molar-refractivity contribution in [2.24, 2.45) is 0 Å². The summed E-state index contributed by atoms with van der Waals surface area (Å²) in [6.07, 6.45) is 0. The molecule has 0 atom stereocenters. The maximum absolute atomic E-state index is 9.20. The molecule has 3 N–H and O–H groups in total. The van der Waals surface area contributed by atoms with Gasteiger partial charge in [-0.3, -0.25) is 0 Å². The van der Waals surface area contributed by atoms with Gasteiger partial charge in [0.1, 0.15) is 5.75 Å². The van der Waals surface area contributed by atoms with Gasteiger partial charge in [0.15, 0.2) is 0 Å². The molecule has 0 unspecified atom stereocenters. The van der Waals surface area contributed by atoms with Gasteiger partial charge in [-0.15, -0.1) is 0 Å². The van der Waals surface area contributed by atoms with Crippen LogP contribution in [0.5, 0.6) is 5.75 Å². The molecular formula is C9H15NOSi. The Morgan fingerprint density at radius 3 is 2.25 bits per heavy atom. The zero-order chi connectivity index (χ0) is 9.35. The normalized spacial score (nSPS) is 11.6. The highest BCUT2D eigenvalue weighted by Gasteiger charge is 2.16. The first-order valence-corrected chi connectivity index (χ1v) is 7.50. The number of anilines is 1. The minimum Gasteiger partial charge on any atom is -0.506 e. The van der Waals surface area contributed by atoms with Crippen LogP contribution < -0.4 is 10.9 Å². The van der Waals surface area contributed by atoms with Crippen LogP contribution in [-0.2, 0) is 0 Å². The van der Waals surface area contributed by atoms with E-state index in [1.807, 2.05) is 12.1 Å². The second-order valence-corrected chi connectivity index (χ2v) is 9.10. The lowest BCUT2D eigenvalue weighted by Gasteiger charge is -2.16. The molecule has 0 saturated heterocycles. The van der Waals surface area contributed by atoms with Crippen LogP contribution >= 0.6 is 0 Å². The smallest absolute Gasteiger partial charge is 0.138 e. The minimum atomic E-state index is -1.28. The molecule has 1 rings (SSSR count). The van der Waals surface area contributed by atoms with E-state index in [0.717, 1.165) is 0 Å². The molecule has 0 bridgehead atoms. The van der Waals surface area contributed by atoms with E-state index in [4.69, 9.17) is 5.73 Å². The predicted octanol–water partition coefficient (Wildman–Crippen LogP) is 1.52. The van der Waals surface area contributed by atoms with Gasteiger partial charge in [0.05, 0.1) is 13.8 Å². The Hall–Kier alpha value is -0.963. The molecule has 0 amide bonds. The summed E-state index contributed by atoms with van der Waals surface area (Å²) in [6, 6.07) is 5.50. The molecule has 0 aromatic heterocycles. The summed E-state index contributed by atoms with van der Waals surface area (Å²) in [4.78, 5) is 0. The molecule has 3 heteroatoms. The van der Waals surface area contributed by atoms with Gasteiger partial charge in [0, 0.05) is 0 Å². The average molecular weight is 181 g/mol. The fraction of sp³-hybridized carbons (Fsp3) is 0.333. The first kappa shape index (κ1) is 9.13. The lowest BCUT2D eigenvalue weighted by atomic mass is 10.3. The van der Waals surface area contributed by atoms with Crippen molar-refractivity contribution >= 4 is 18.9 Å². The SMILES string of the molecule is C[Si](C)(C)c1ccc(O)c(N)c1. The summed E-state index contributed by atoms with van der Waals surface area (Å²) < 4.78 is 0. The van der Waals surface area contributed by atoms with Crippen molar-refractivity contribution in [2.75, 3.05) is 5.73 Å². The van der Waals surface area contributed by atoms with Gasteiger partial charge in [-0.2, -0.15) is 0 Å². The molecule has 1 aromatic carbocycles. The van der Waals surface area contributed by atoms with E-state index in [0.29, 0.717) is 5.69 Å². The van der Waals surface area contributed by atoms with Gasteiger partial charge in [-0.25, -0.2) is 0 Å². The van der Waals surface area contributed by atoms with Crippen LogP contribution in [0.3, 0.4) is 0 Å². The largest absolute Gasteiger partial charge is 0.506 e. The van der Waals surface area contributed by atoms with Gasteiger partial charge < -0.3 is 10.8 Å². The molecule has 1 aromatic rings. The monoisotopic (exact) mass is 181 g/mol. The number of aromatic hydroxyl groups is 1. The van der Waals surface area contributed by atoms with Crippen molar-refractivity contribution in [2.45, 2.75) is 19.6 Å². The van der Waals surface area contributed by atoms with Gasteiger partial charge in [-0.1, -0.05) is 30.9 Å². The van der Waals surface area contributed by atoms with Crippen LogP contribution in [0.1, 0.15) is 0 Å². The topological polar surface area (TPSA) is 46.2 Å². The van der Waals surface area contributed by atoms with Crippen molar-refractivity contribution in [3.05, 3.63) is 18.2 Å². The first-order valence-electron chi connectivity index (χ1n) is 4.00. The number of hydrogen-bond acceptors (Lipinski definition) is 2. The lowest BCUT2D eigenvalue weighted by molar-refractivity contribution is 0.478. The first-order chi connectivity index (χ1) is 5.41. The molecule has 66 valence electrons. The Morgan fingerprint density at radius 2 is 1.83 bits per heavy atom. The highest BCUT2D eigenvalue weighted by molar-refractivity contribution is 6.88. The number of rotatable bonds is 1. The molecule has 0 radical (unpaired) electrons. The Labute approximate surface area is 74.0 Å². The fourth-order valence-corrected chi connectivity index (χ4v) is 2.19. The van der Waals surface area contributed by atoms with Crippen LogP contribution in [0, 0.1) is 0 Å². The average Bonchev–Trinajstić information content (AvgIpc) is 1.92. The van der Waals surface area contributed by atoms with E-state index < -0.39 is 8.07 Å². The zero-order valence-electron chi connectivity index (χ0n) is 7.76. The fourth-order valence-electron chi connectivity index (χ4n) is 1.02. The number of benzene rings is 1. The van der Waals surface area contributed by atoms with Crippen molar-refractivity contribution < 1.29 is 5.11 Å². The molecule has 0 spiro atoms. The second kappa shape index (κ2) is 2.82. The molecule has 2 nitrogen and oxygen atoms in total. The van der Waals surface area contributed by atoms with Crippen LogP contribution in [-0.4, -0.2) is 13.2 Å². The third-order valence-corrected chi connectivity index (χ3v) is 3.94. The standard InChI is InChI=1S/C9H15NOSi/c1-12(2,3)7-4-5-9(11)8(10)6-7/h4-6,11H,10H2,1-3H3. The third kappa shape index (κ3) is 1.79. The maximum Gasteiger partial charge on any atom is 0.138 e. The molecule has 0 fully saturated rings. The van der Waals surface area contributed by atoms with E-state index in [1.54, 1.807) is 6.07 Å². The highest BCUT2D eigenvalue weighted by Crippen LogP contribution is 2.18. The number of phenols is 1. The van der Waals surface area contributed by atoms with Gasteiger partial charge in [0.25, 0.3) is 0 Å². The van der Waals surface area contributed by atoms with Crippen LogP contribution in [0.25, 0.3) is 0 Å². The second-order valence-electron chi connectivity index (χ2n) is 4.02. The maximum atomic E-state index is 9.20. The van der Waals surface area contributed by atoms with E-state index in [9.17, 15) is 5.11 Å². The minimum absolute atomic E-state index is 0.178. The van der Waals surface area contributed by atoms with E-state index >= 15 is 0 Å². The lowest BCUT2D eigenvalue weighted by Crippen LogP contribution is -2.37. The summed E-state index contributed by atoms with van der Waals surface area (Å²) in [5.74, 6) is 0.178. The number of phenolic OH excluding ortho intramolecular Hbond substituents is 1. The summed E-state index contributed by atoms with van der Waals surface area (Å²) in [5, 5.41) is 10.5. The van der Waals surface area contributed by atoms with Crippen LogP contribution in [0.4, 0.5) is 5.69 Å².